The molecule has 0 bridgehead atoms. The molecule has 0 heterocycles. The van der Waals surface area contributed by atoms with Crippen LogP contribution < -0.4 is 4.43 Å². The van der Waals surface area contributed by atoms with Gasteiger partial charge in [0.25, 0.3) is 0 Å². The van der Waals surface area contributed by atoms with E-state index < -0.39 is 8.32 Å². The van der Waals surface area contributed by atoms with Gasteiger partial charge in [-0.05, 0) is 41.9 Å². The van der Waals surface area contributed by atoms with E-state index in [1.807, 2.05) is 0 Å². The molecule has 0 saturated carbocycles. The Morgan fingerprint density at radius 2 is 1.94 bits per heavy atom. The number of azide groups is 1. The number of hydrogen-bond acceptors (Lipinski definition) is 2. The molecule has 1 aromatic carbocycles. The largest absolute Gasteiger partial charge is 0.543 e. The lowest BCUT2D eigenvalue weighted by Gasteiger charge is -2.36. The summed E-state index contributed by atoms with van der Waals surface area (Å²) in [7, 11) is -1.95. The van der Waals surface area contributed by atoms with E-state index in [0.29, 0.717) is 16.5 Å². The third-order valence-electron chi connectivity index (χ3n) is 3.24. The molecule has 1 rings (SSSR count). The number of benzene rings is 1. The van der Waals surface area contributed by atoms with Crippen LogP contribution in [0.2, 0.25) is 23.2 Å². The van der Waals surface area contributed by atoms with Crippen LogP contribution in [-0.2, 0) is 0 Å². The van der Waals surface area contributed by atoms with Gasteiger partial charge in [-0.2, -0.15) is 0 Å². The summed E-state index contributed by atoms with van der Waals surface area (Å²) in [6.07, 6.45) is 0. The third kappa shape index (κ3) is 3.42. The summed E-state index contributed by atoms with van der Waals surface area (Å²) in [6, 6.07) is 5.11. The van der Waals surface area contributed by atoms with Crippen molar-refractivity contribution in [1.82, 2.24) is 0 Å². The number of rotatable bonds is 3. The minimum atomic E-state index is -1.95. The van der Waals surface area contributed by atoms with E-state index in [9.17, 15) is 0 Å². The first-order valence-corrected chi connectivity index (χ1v) is 9.00. The van der Waals surface area contributed by atoms with Crippen molar-refractivity contribution >= 4 is 25.6 Å². The molecule has 0 fully saturated rings. The van der Waals surface area contributed by atoms with Crippen molar-refractivity contribution in [2.75, 3.05) is 0 Å². The van der Waals surface area contributed by atoms with Crippen molar-refractivity contribution in [3.05, 3.63) is 33.7 Å². The second kappa shape index (κ2) is 5.22. The van der Waals surface area contributed by atoms with Crippen LogP contribution in [-0.4, -0.2) is 8.32 Å². The van der Waals surface area contributed by atoms with Crippen LogP contribution in [0.5, 0.6) is 5.75 Å². The minimum Gasteiger partial charge on any atom is -0.543 e. The van der Waals surface area contributed by atoms with E-state index in [1.165, 1.54) is 0 Å². The Bertz CT molecular complexity index is 491. The Hall–Kier alpha value is -1.16. The quantitative estimate of drug-likeness (QED) is 0.305. The normalized spacial score (nSPS) is 11.9. The molecule has 6 heteroatoms. The number of halogens is 1. The molecule has 98 valence electrons. The zero-order valence-electron chi connectivity index (χ0n) is 11.4. The van der Waals surface area contributed by atoms with Crippen LogP contribution in [0.3, 0.4) is 0 Å². The predicted octanol–water partition coefficient (Wildman–Crippen LogP) is 5.67. The van der Waals surface area contributed by atoms with Crippen LogP contribution in [0.25, 0.3) is 10.4 Å². The van der Waals surface area contributed by atoms with Gasteiger partial charge in [0.15, 0.2) is 0 Å². The summed E-state index contributed by atoms with van der Waals surface area (Å²) in [5, 5.41) is 4.24. The Morgan fingerprint density at radius 3 is 2.44 bits per heavy atom. The van der Waals surface area contributed by atoms with Crippen molar-refractivity contribution in [2.45, 2.75) is 38.9 Å². The van der Waals surface area contributed by atoms with E-state index in [2.05, 4.69) is 43.9 Å². The van der Waals surface area contributed by atoms with E-state index in [1.54, 1.807) is 18.2 Å². The molecule has 1 aromatic rings. The fourth-order valence-electron chi connectivity index (χ4n) is 1.13. The molecule has 0 aromatic heterocycles. The lowest BCUT2D eigenvalue weighted by Crippen LogP contribution is -2.43. The molecule has 0 aliphatic heterocycles. The highest BCUT2D eigenvalue weighted by Crippen LogP contribution is 2.40. The maximum absolute atomic E-state index is 8.56. The van der Waals surface area contributed by atoms with Crippen LogP contribution >= 0.6 is 11.6 Å². The van der Waals surface area contributed by atoms with Crippen molar-refractivity contribution < 1.29 is 4.43 Å². The molecular weight excluding hydrogens is 266 g/mol. The lowest BCUT2D eigenvalue weighted by atomic mass is 10.2. The molecule has 0 amide bonds. The van der Waals surface area contributed by atoms with Gasteiger partial charge in [-0.15, -0.1) is 0 Å². The van der Waals surface area contributed by atoms with Gasteiger partial charge in [0.1, 0.15) is 5.75 Å². The second-order valence-electron chi connectivity index (χ2n) is 5.66. The fourth-order valence-corrected chi connectivity index (χ4v) is 2.33. The van der Waals surface area contributed by atoms with Crippen LogP contribution in [0.1, 0.15) is 20.8 Å². The Labute approximate surface area is 114 Å². The van der Waals surface area contributed by atoms with Gasteiger partial charge in [0.05, 0.1) is 5.69 Å². The molecule has 0 atom stereocenters. The van der Waals surface area contributed by atoms with Crippen LogP contribution in [0.15, 0.2) is 23.3 Å². The molecule has 0 radical (unpaired) electrons. The van der Waals surface area contributed by atoms with E-state index in [-0.39, 0.29) is 5.04 Å². The zero-order chi connectivity index (χ0) is 14.0. The lowest BCUT2D eigenvalue weighted by molar-refractivity contribution is 0.493. The topological polar surface area (TPSA) is 58.0 Å². The van der Waals surface area contributed by atoms with E-state index >= 15 is 0 Å². The first-order chi connectivity index (χ1) is 8.17. The highest BCUT2D eigenvalue weighted by molar-refractivity contribution is 6.74. The molecule has 0 saturated heterocycles. The molecule has 0 aliphatic rings. The van der Waals surface area contributed by atoms with Gasteiger partial charge in [-0.25, -0.2) is 0 Å². The number of hydrogen-bond donors (Lipinski definition) is 0. The Kier molecular flexibility index (Phi) is 4.32. The molecule has 0 spiro atoms. The Balaban J connectivity index is 3.15. The van der Waals surface area contributed by atoms with Crippen molar-refractivity contribution in [3.63, 3.8) is 0 Å². The minimum absolute atomic E-state index is 0.0836. The SMILES string of the molecule is CC(C)(C)[Si](C)(C)Oc1ccc(Cl)cc1N=[N+]=[N-]. The zero-order valence-corrected chi connectivity index (χ0v) is 13.1. The molecule has 0 unspecified atom stereocenters. The van der Waals surface area contributed by atoms with Gasteiger partial charge >= 0.3 is 0 Å². The van der Waals surface area contributed by atoms with Gasteiger partial charge < -0.3 is 4.43 Å². The smallest absolute Gasteiger partial charge is 0.250 e. The molecule has 4 nitrogen and oxygen atoms in total. The maximum atomic E-state index is 8.56. The maximum Gasteiger partial charge on any atom is 0.250 e. The molecule has 18 heavy (non-hydrogen) atoms. The Morgan fingerprint density at radius 1 is 1.33 bits per heavy atom. The van der Waals surface area contributed by atoms with E-state index in [0.717, 1.165) is 0 Å². The fraction of sp³-hybridized carbons (Fsp3) is 0.500. The van der Waals surface area contributed by atoms with E-state index in [4.69, 9.17) is 21.6 Å². The first-order valence-electron chi connectivity index (χ1n) is 5.71. The van der Waals surface area contributed by atoms with Gasteiger partial charge in [0.2, 0.25) is 8.32 Å². The van der Waals surface area contributed by atoms with Gasteiger partial charge in [-0.3, -0.25) is 0 Å². The molecule has 0 aliphatic carbocycles. The summed E-state index contributed by atoms with van der Waals surface area (Å²) in [6.45, 7) is 10.7. The van der Waals surface area contributed by atoms with Crippen LogP contribution in [0, 0.1) is 0 Å². The predicted molar refractivity (Wildman–Crippen MR) is 78.1 cm³/mol. The number of nitrogens with zero attached hydrogens (tertiary/aromatic N) is 3. The van der Waals surface area contributed by atoms with Gasteiger partial charge in [0, 0.05) is 9.93 Å². The summed E-state index contributed by atoms with van der Waals surface area (Å²) < 4.78 is 6.12. The van der Waals surface area contributed by atoms with Crippen LogP contribution in [0.4, 0.5) is 5.69 Å². The summed E-state index contributed by atoms with van der Waals surface area (Å²) in [5.41, 5.74) is 9.00. The second-order valence-corrected chi connectivity index (χ2v) is 10.8. The summed E-state index contributed by atoms with van der Waals surface area (Å²) in [5.74, 6) is 0.601. The van der Waals surface area contributed by atoms with Crippen molar-refractivity contribution in [3.8, 4) is 5.75 Å². The average Bonchev–Trinajstić information content (AvgIpc) is 2.20. The highest BCUT2D eigenvalue weighted by atomic mass is 35.5. The standard InChI is InChI=1S/C12H18ClN3OSi/c1-12(2,3)18(4,5)17-11-7-6-9(13)8-10(11)15-16-14/h6-8H,1-5H3. The first kappa shape index (κ1) is 14.9. The summed E-state index contributed by atoms with van der Waals surface area (Å²) in [4.78, 5) is 2.80. The summed E-state index contributed by atoms with van der Waals surface area (Å²) >= 11 is 5.89. The van der Waals surface area contributed by atoms with Crippen molar-refractivity contribution in [2.24, 2.45) is 5.11 Å². The van der Waals surface area contributed by atoms with Crippen molar-refractivity contribution in [1.29, 1.82) is 0 Å². The van der Waals surface area contributed by atoms with Gasteiger partial charge in [-0.1, -0.05) is 37.5 Å². The monoisotopic (exact) mass is 283 g/mol. The highest BCUT2D eigenvalue weighted by Gasteiger charge is 2.39. The third-order valence-corrected chi connectivity index (χ3v) is 7.82. The average molecular weight is 284 g/mol. The molecular formula is C12H18ClN3OSi. The molecule has 0 N–H and O–H groups in total.